The normalized spacial score (nSPS) is 12.6. The molecule has 2 aromatic rings. The second kappa shape index (κ2) is 8.89. The van der Waals surface area contributed by atoms with Crippen LogP contribution in [-0.4, -0.2) is 25.4 Å². The zero-order valence-corrected chi connectivity index (χ0v) is 16.0. The first-order valence-corrected chi connectivity index (χ1v) is 9.79. The number of nitrogens with zero attached hydrogens (tertiary/aromatic N) is 1. The zero-order chi connectivity index (χ0) is 20.9. The third kappa shape index (κ3) is 5.57. The van der Waals surface area contributed by atoms with Crippen molar-refractivity contribution in [3.63, 3.8) is 0 Å². The molecule has 0 unspecified atom stereocenters. The van der Waals surface area contributed by atoms with Gasteiger partial charge in [0, 0.05) is 11.6 Å². The van der Waals surface area contributed by atoms with Crippen LogP contribution in [0.3, 0.4) is 0 Å². The average molecular weight is 410 g/mol. The van der Waals surface area contributed by atoms with Crippen molar-refractivity contribution in [3.8, 4) is 0 Å². The van der Waals surface area contributed by atoms with Crippen LogP contribution < -0.4 is 4.72 Å². The molecule has 2 rings (SSSR count). The molecule has 2 aromatic carbocycles. The van der Waals surface area contributed by atoms with E-state index in [9.17, 15) is 27.7 Å². The molecule has 1 N–H and O–H groups in total. The molecule has 0 fully saturated rings. The molecule has 0 aliphatic rings. The molecule has 10 heteroatoms. The Labute approximate surface area is 161 Å². The molecule has 0 saturated carbocycles. The van der Waals surface area contributed by atoms with Gasteiger partial charge in [0.1, 0.15) is 5.82 Å². The number of carbonyl (C=O) groups excluding carboxylic acids is 1. The number of ether oxygens (including phenoxy) is 1. The van der Waals surface area contributed by atoms with Crippen LogP contribution in [0.25, 0.3) is 0 Å². The highest BCUT2D eigenvalue weighted by Gasteiger charge is 2.29. The highest BCUT2D eigenvalue weighted by atomic mass is 32.2. The van der Waals surface area contributed by atoms with E-state index in [4.69, 9.17) is 4.74 Å². The molecule has 0 spiro atoms. The Morgan fingerprint density at radius 2 is 1.89 bits per heavy atom. The summed E-state index contributed by atoms with van der Waals surface area (Å²) >= 11 is 0. The Kier molecular flexibility index (Phi) is 6.81. The number of hydrogen-bond acceptors (Lipinski definition) is 6. The summed E-state index contributed by atoms with van der Waals surface area (Å²) < 4.78 is 46.0. The summed E-state index contributed by atoms with van der Waals surface area (Å²) in [6.45, 7) is 3.24. The quantitative estimate of drug-likeness (QED) is 0.406. The highest BCUT2D eigenvalue weighted by Crippen LogP contribution is 2.29. The van der Waals surface area contributed by atoms with Crippen molar-refractivity contribution in [3.05, 3.63) is 70.0 Å². The number of benzene rings is 2. The van der Waals surface area contributed by atoms with Gasteiger partial charge in [0.15, 0.2) is 0 Å². The molecule has 150 valence electrons. The van der Waals surface area contributed by atoms with Crippen molar-refractivity contribution >= 4 is 21.7 Å². The maximum atomic E-state index is 13.4. The van der Waals surface area contributed by atoms with Gasteiger partial charge in [0.05, 0.1) is 28.4 Å². The molecule has 8 nitrogen and oxygen atoms in total. The number of hydrogen-bond donors (Lipinski definition) is 1. The Morgan fingerprint density at radius 1 is 1.21 bits per heavy atom. The van der Waals surface area contributed by atoms with Crippen molar-refractivity contribution in [2.24, 2.45) is 0 Å². The van der Waals surface area contributed by atoms with Gasteiger partial charge in [0.2, 0.25) is 10.0 Å². The zero-order valence-electron chi connectivity index (χ0n) is 15.2. The van der Waals surface area contributed by atoms with Crippen LogP contribution in [0.4, 0.5) is 10.1 Å². The average Bonchev–Trinajstić information content (AvgIpc) is 2.60. The van der Waals surface area contributed by atoms with E-state index in [1.165, 1.54) is 36.4 Å². The van der Waals surface area contributed by atoms with Crippen molar-refractivity contribution in [1.82, 2.24) is 4.72 Å². The lowest BCUT2D eigenvalue weighted by Crippen LogP contribution is -2.31. The summed E-state index contributed by atoms with van der Waals surface area (Å²) in [5.74, 6) is -1.50. The largest absolute Gasteiger partial charge is 0.463 e. The Morgan fingerprint density at radius 3 is 2.50 bits per heavy atom. The second-order valence-corrected chi connectivity index (χ2v) is 7.90. The molecule has 0 aliphatic carbocycles. The van der Waals surface area contributed by atoms with Crippen molar-refractivity contribution in [2.75, 3.05) is 0 Å². The molecule has 0 heterocycles. The second-order valence-electron chi connectivity index (χ2n) is 6.19. The van der Waals surface area contributed by atoms with Gasteiger partial charge in [-0.2, -0.15) is 0 Å². The number of carbonyl (C=O) groups is 1. The van der Waals surface area contributed by atoms with Crippen molar-refractivity contribution < 1.29 is 27.3 Å². The van der Waals surface area contributed by atoms with Gasteiger partial charge in [-0.3, -0.25) is 14.9 Å². The van der Waals surface area contributed by atoms with Gasteiger partial charge in [-0.1, -0.05) is 24.3 Å². The van der Waals surface area contributed by atoms with Crippen LogP contribution in [0.15, 0.2) is 53.4 Å². The number of halogens is 1. The molecule has 0 bridgehead atoms. The van der Waals surface area contributed by atoms with Gasteiger partial charge in [-0.25, -0.2) is 17.5 Å². The van der Waals surface area contributed by atoms with Crippen LogP contribution in [-0.2, 0) is 19.6 Å². The molecule has 0 amide bonds. The lowest BCUT2D eigenvalue weighted by atomic mass is 10.0. The van der Waals surface area contributed by atoms with E-state index in [1.807, 2.05) is 0 Å². The Hall–Kier alpha value is -2.85. The fourth-order valence-electron chi connectivity index (χ4n) is 2.53. The van der Waals surface area contributed by atoms with E-state index in [1.54, 1.807) is 13.8 Å². The predicted molar refractivity (Wildman–Crippen MR) is 98.4 cm³/mol. The van der Waals surface area contributed by atoms with E-state index in [-0.39, 0.29) is 16.1 Å². The molecule has 0 aromatic heterocycles. The smallest absolute Gasteiger partial charge is 0.308 e. The number of esters is 1. The fraction of sp³-hybridized carbons (Fsp3) is 0.278. The van der Waals surface area contributed by atoms with Crippen LogP contribution >= 0.6 is 0 Å². The maximum absolute atomic E-state index is 13.4. The summed E-state index contributed by atoms with van der Waals surface area (Å²) in [5, 5.41) is 11.3. The van der Waals surface area contributed by atoms with E-state index < -0.39 is 45.3 Å². The number of para-hydroxylation sites is 1. The van der Waals surface area contributed by atoms with Gasteiger partial charge < -0.3 is 4.74 Å². The molecule has 0 saturated heterocycles. The molecule has 1 atom stereocenters. The number of rotatable bonds is 8. The molecular weight excluding hydrogens is 391 g/mol. The van der Waals surface area contributed by atoms with E-state index in [0.717, 1.165) is 12.1 Å². The minimum Gasteiger partial charge on any atom is -0.463 e. The minimum absolute atomic E-state index is 0.00631. The summed E-state index contributed by atoms with van der Waals surface area (Å²) in [5.41, 5.74) is -0.361. The Balaban J connectivity index is 2.44. The van der Waals surface area contributed by atoms with Crippen molar-refractivity contribution in [2.45, 2.75) is 37.3 Å². The monoisotopic (exact) mass is 410 g/mol. The number of sulfonamides is 1. The van der Waals surface area contributed by atoms with E-state index in [2.05, 4.69) is 4.72 Å². The first kappa shape index (κ1) is 21.5. The van der Waals surface area contributed by atoms with E-state index in [0.29, 0.717) is 0 Å². The van der Waals surface area contributed by atoms with Crippen molar-refractivity contribution in [1.29, 1.82) is 0 Å². The number of nitro benzene ring substituents is 1. The Bertz CT molecular complexity index is 978. The number of nitro groups is 1. The van der Waals surface area contributed by atoms with Gasteiger partial charge in [-0.05, 0) is 32.0 Å². The summed E-state index contributed by atoms with van der Waals surface area (Å²) in [6.07, 6.45) is -0.920. The molecular formula is C18H19FN2O6S. The maximum Gasteiger partial charge on any atom is 0.308 e. The van der Waals surface area contributed by atoms with Gasteiger partial charge >= 0.3 is 5.97 Å². The molecule has 0 aliphatic heterocycles. The topological polar surface area (TPSA) is 116 Å². The highest BCUT2D eigenvalue weighted by molar-refractivity contribution is 7.89. The van der Waals surface area contributed by atoms with Crippen LogP contribution in [0.2, 0.25) is 0 Å². The third-order valence-electron chi connectivity index (χ3n) is 3.65. The summed E-state index contributed by atoms with van der Waals surface area (Å²) in [4.78, 5) is 22.4. The minimum atomic E-state index is -4.27. The third-order valence-corrected chi connectivity index (χ3v) is 5.12. The lowest BCUT2D eigenvalue weighted by Gasteiger charge is -2.19. The first-order chi connectivity index (χ1) is 13.1. The summed E-state index contributed by atoms with van der Waals surface area (Å²) in [7, 11) is -4.27. The molecule has 28 heavy (non-hydrogen) atoms. The number of nitrogens with one attached hydrogen (secondary N) is 1. The molecule has 0 radical (unpaired) electrons. The lowest BCUT2D eigenvalue weighted by molar-refractivity contribution is -0.385. The van der Waals surface area contributed by atoms with Crippen LogP contribution in [0.5, 0.6) is 0 Å². The van der Waals surface area contributed by atoms with Gasteiger partial charge in [0.25, 0.3) is 5.69 Å². The fourth-order valence-corrected chi connectivity index (χ4v) is 3.78. The van der Waals surface area contributed by atoms with E-state index >= 15 is 0 Å². The van der Waals surface area contributed by atoms with Crippen LogP contribution in [0, 0.1) is 15.9 Å². The predicted octanol–water partition coefficient (Wildman–Crippen LogP) is 3.10. The standard InChI is InChI=1S/C18H19FN2O6S/c1-12(2)27-18(22)11-16(15-8-3-4-9-17(15)21(23)24)20-28(25,26)14-7-5-6-13(19)10-14/h3-10,12,16,20H,11H2,1-2H3/t16-/m1/s1. The first-order valence-electron chi connectivity index (χ1n) is 8.31. The SMILES string of the molecule is CC(C)OC(=O)C[C@@H](NS(=O)(=O)c1cccc(F)c1)c1ccccc1[N+](=O)[O-]. The van der Waals surface area contributed by atoms with Crippen LogP contribution in [0.1, 0.15) is 31.9 Å². The van der Waals surface area contributed by atoms with Gasteiger partial charge in [-0.15, -0.1) is 0 Å². The summed E-state index contributed by atoms with van der Waals surface area (Å²) in [6, 6.07) is 8.47.